The van der Waals surface area contributed by atoms with Gasteiger partial charge >= 0.3 is 0 Å². The maximum absolute atomic E-state index is 10.0. The van der Waals surface area contributed by atoms with E-state index in [2.05, 4.69) is 32.9 Å². The Bertz CT molecular complexity index is 396. The first-order chi connectivity index (χ1) is 6.93. The number of allylic oxidation sites excluding steroid dienone is 2. The third-order valence-corrected chi connectivity index (χ3v) is 2.86. The molecule has 0 saturated heterocycles. The summed E-state index contributed by atoms with van der Waals surface area (Å²) in [6.07, 6.45) is 2.97. The van der Waals surface area contributed by atoms with Crippen molar-refractivity contribution in [2.75, 3.05) is 0 Å². The molecule has 1 nitrogen and oxygen atoms in total. The van der Waals surface area contributed by atoms with E-state index >= 15 is 0 Å². The molecule has 15 heavy (non-hydrogen) atoms. The van der Waals surface area contributed by atoms with E-state index in [1.54, 1.807) is 0 Å². The first-order valence-electron chi connectivity index (χ1n) is 5.35. The quantitative estimate of drug-likeness (QED) is 0.726. The third kappa shape index (κ3) is 2.62. The maximum atomic E-state index is 10.0. The lowest BCUT2D eigenvalue weighted by Crippen LogP contribution is -1.94. The summed E-state index contributed by atoms with van der Waals surface area (Å²) >= 11 is 0. The van der Waals surface area contributed by atoms with Crippen molar-refractivity contribution in [3.8, 4) is 5.75 Å². The van der Waals surface area contributed by atoms with Crippen LogP contribution in [0.1, 0.15) is 36.1 Å². The Morgan fingerprint density at radius 3 is 2.33 bits per heavy atom. The molecule has 0 aliphatic rings. The minimum Gasteiger partial charge on any atom is -0.507 e. The number of aromatic hydroxyl groups is 1. The average Bonchev–Trinajstić information content (AvgIpc) is 2.14. The topological polar surface area (TPSA) is 20.2 Å². The van der Waals surface area contributed by atoms with Crippen LogP contribution in [0, 0.1) is 20.8 Å². The zero-order chi connectivity index (χ0) is 11.6. The molecule has 0 aliphatic heterocycles. The van der Waals surface area contributed by atoms with Crippen LogP contribution in [0.2, 0.25) is 0 Å². The Morgan fingerprint density at radius 1 is 1.20 bits per heavy atom. The van der Waals surface area contributed by atoms with Crippen LogP contribution in [0.3, 0.4) is 0 Å². The van der Waals surface area contributed by atoms with Gasteiger partial charge in [0.15, 0.2) is 0 Å². The highest BCUT2D eigenvalue weighted by Gasteiger charge is 2.08. The molecule has 0 heterocycles. The van der Waals surface area contributed by atoms with Crippen LogP contribution in [0.15, 0.2) is 17.7 Å². The van der Waals surface area contributed by atoms with Gasteiger partial charge in [-0.2, -0.15) is 0 Å². The molecule has 1 N–H and O–H groups in total. The molecule has 0 spiro atoms. The number of phenols is 1. The molecular weight excluding hydrogens is 184 g/mol. The molecule has 0 aromatic heterocycles. The Kier molecular flexibility index (Phi) is 3.57. The summed E-state index contributed by atoms with van der Waals surface area (Å²) in [6, 6.07) is 2.14. The number of phenolic OH excluding ortho intramolecular Hbond substituents is 1. The molecule has 82 valence electrons. The van der Waals surface area contributed by atoms with Crippen LogP contribution in [0.4, 0.5) is 0 Å². The molecule has 1 aromatic carbocycles. The van der Waals surface area contributed by atoms with Crippen molar-refractivity contribution in [1.82, 2.24) is 0 Å². The van der Waals surface area contributed by atoms with Crippen LogP contribution in [0.5, 0.6) is 5.75 Å². The van der Waals surface area contributed by atoms with Crippen molar-refractivity contribution in [3.63, 3.8) is 0 Å². The highest BCUT2D eigenvalue weighted by Crippen LogP contribution is 2.29. The van der Waals surface area contributed by atoms with E-state index in [4.69, 9.17) is 0 Å². The summed E-state index contributed by atoms with van der Waals surface area (Å²) in [5, 5.41) is 10.0. The van der Waals surface area contributed by atoms with Crippen molar-refractivity contribution in [2.45, 2.75) is 41.0 Å². The Morgan fingerprint density at radius 2 is 1.80 bits per heavy atom. The summed E-state index contributed by atoms with van der Waals surface area (Å²) in [7, 11) is 0. The molecule has 1 heteroatoms. The molecule has 0 amide bonds. The van der Waals surface area contributed by atoms with Gasteiger partial charge in [0.05, 0.1) is 0 Å². The minimum absolute atomic E-state index is 0.463. The van der Waals surface area contributed by atoms with Gasteiger partial charge in [0.25, 0.3) is 0 Å². The summed E-state index contributed by atoms with van der Waals surface area (Å²) in [5.74, 6) is 0.463. The largest absolute Gasteiger partial charge is 0.507 e. The summed E-state index contributed by atoms with van der Waals surface area (Å²) < 4.78 is 0. The lowest BCUT2D eigenvalue weighted by molar-refractivity contribution is 0.464. The first-order valence-corrected chi connectivity index (χ1v) is 5.35. The molecule has 0 atom stereocenters. The van der Waals surface area contributed by atoms with Gasteiger partial charge in [-0.15, -0.1) is 0 Å². The molecule has 0 saturated carbocycles. The molecule has 0 aliphatic carbocycles. The van der Waals surface area contributed by atoms with Gasteiger partial charge in [-0.1, -0.05) is 17.7 Å². The van der Waals surface area contributed by atoms with Gasteiger partial charge in [0, 0.05) is 5.56 Å². The second-order valence-corrected chi connectivity index (χ2v) is 4.45. The number of rotatable bonds is 2. The predicted molar refractivity (Wildman–Crippen MR) is 65.5 cm³/mol. The Balaban J connectivity index is 3.18. The van der Waals surface area contributed by atoms with Gasteiger partial charge in [-0.05, 0) is 57.7 Å². The molecule has 0 unspecified atom stereocenters. The summed E-state index contributed by atoms with van der Waals surface area (Å²) in [6.45, 7) is 10.2. The van der Waals surface area contributed by atoms with Crippen LogP contribution in [-0.2, 0) is 6.42 Å². The monoisotopic (exact) mass is 204 g/mol. The highest BCUT2D eigenvalue weighted by atomic mass is 16.3. The zero-order valence-corrected chi connectivity index (χ0v) is 10.3. The first kappa shape index (κ1) is 11.8. The fourth-order valence-electron chi connectivity index (χ4n) is 1.68. The van der Waals surface area contributed by atoms with E-state index in [-0.39, 0.29) is 0 Å². The van der Waals surface area contributed by atoms with Crippen molar-refractivity contribution in [1.29, 1.82) is 0 Å². The van der Waals surface area contributed by atoms with Crippen LogP contribution >= 0.6 is 0 Å². The van der Waals surface area contributed by atoms with Crippen molar-refractivity contribution >= 4 is 0 Å². The number of hydrogen-bond donors (Lipinski definition) is 1. The normalized spacial score (nSPS) is 10.2. The second-order valence-electron chi connectivity index (χ2n) is 4.45. The third-order valence-electron chi connectivity index (χ3n) is 2.86. The van der Waals surface area contributed by atoms with Gasteiger partial charge in [-0.25, -0.2) is 0 Å². The van der Waals surface area contributed by atoms with Crippen molar-refractivity contribution in [3.05, 3.63) is 40.0 Å². The van der Waals surface area contributed by atoms with Gasteiger partial charge < -0.3 is 5.11 Å². The van der Waals surface area contributed by atoms with E-state index in [1.165, 1.54) is 11.1 Å². The van der Waals surface area contributed by atoms with Crippen LogP contribution in [0.25, 0.3) is 0 Å². The SMILES string of the molecule is CC(C)=CCc1c(C)cc(C)c(C)c1O. The standard InChI is InChI=1S/C14H20O/c1-9(2)6-7-13-11(4)8-10(3)12(5)14(13)15/h6,8,15H,7H2,1-5H3. The Hall–Kier alpha value is -1.24. The number of benzene rings is 1. The van der Waals surface area contributed by atoms with Crippen molar-refractivity contribution in [2.24, 2.45) is 0 Å². The lowest BCUT2D eigenvalue weighted by atomic mass is 9.96. The fourth-order valence-corrected chi connectivity index (χ4v) is 1.68. The summed E-state index contributed by atoms with van der Waals surface area (Å²) in [4.78, 5) is 0. The smallest absolute Gasteiger partial charge is 0.122 e. The number of aryl methyl sites for hydroxylation is 2. The molecule has 1 aromatic rings. The molecule has 0 fully saturated rings. The number of hydrogen-bond acceptors (Lipinski definition) is 1. The van der Waals surface area contributed by atoms with Gasteiger partial charge in [-0.3, -0.25) is 0 Å². The van der Waals surface area contributed by atoms with E-state index in [9.17, 15) is 5.11 Å². The zero-order valence-electron chi connectivity index (χ0n) is 10.3. The van der Waals surface area contributed by atoms with E-state index in [0.717, 1.165) is 23.1 Å². The predicted octanol–water partition coefficient (Wildman–Crippen LogP) is 3.83. The second kappa shape index (κ2) is 4.52. The molecule has 0 bridgehead atoms. The maximum Gasteiger partial charge on any atom is 0.122 e. The molecule has 1 rings (SSSR count). The highest BCUT2D eigenvalue weighted by molar-refractivity contribution is 5.49. The summed E-state index contributed by atoms with van der Waals surface area (Å²) in [5.41, 5.74) is 5.67. The van der Waals surface area contributed by atoms with E-state index in [0.29, 0.717) is 5.75 Å². The van der Waals surface area contributed by atoms with Crippen molar-refractivity contribution < 1.29 is 5.11 Å². The molecular formula is C14H20O. The fraction of sp³-hybridized carbons (Fsp3) is 0.429. The minimum atomic E-state index is 0.463. The van der Waals surface area contributed by atoms with E-state index < -0.39 is 0 Å². The van der Waals surface area contributed by atoms with Crippen LogP contribution < -0.4 is 0 Å². The van der Waals surface area contributed by atoms with Crippen LogP contribution in [-0.4, -0.2) is 5.11 Å². The van der Waals surface area contributed by atoms with Gasteiger partial charge in [0.1, 0.15) is 5.75 Å². The van der Waals surface area contributed by atoms with Gasteiger partial charge in [0.2, 0.25) is 0 Å². The average molecular weight is 204 g/mol. The Labute approximate surface area is 92.5 Å². The lowest BCUT2D eigenvalue weighted by Gasteiger charge is -2.12. The molecule has 0 radical (unpaired) electrons. The van der Waals surface area contributed by atoms with E-state index in [1.807, 2.05) is 13.8 Å².